The Morgan fingerprint density at radius 3 is 2.79 bits per heavy atom. The van der Waals surface area contributed by atoms with Gasteiger partial charge >= 0.3 is 0 Å². The summed E-state index contributed by atoms with van der Waals surface area (Å²) in [6.45, 7) is 1.95. The van der Waals surface area contributed by atoms with E-state index in [-0.39, 0.29) is 5.56 Å². The summed E-state index contributed by atoms with van der Waals surface area (Å²) in [5.74, 6) is 2.70. The Kier molecular flexibility index (Phi) is 4.28. The van der Waals surface area contributed by atoms with Crippen molar-refractivity contribution in [3.63, 3.8) is 0 Å². The molecule has 0 fully saturated rings. The molecule has 0 unspecified atom stereocenters. The SMILES string of the molecule is Cc1cc(Nc2nc(CSc3ccc4[nH][nH]c(=O)c4c3)nc3ccccc23)n[nH]1. The second-order valence-electron chi connectivity index (χ2n) is 6.64. The summed E-state index contributed by atoms with van der Waals surface area (Å²) in [4.78, 5) is 22.2. The first kappa shape index (κ1) is 17.5. The number of aromatic nitrogens is 6. The summed E-state index contributed by atoms with van der Waals surface area (Å²) in [5.41, 5.74) is 2.51. The highest BCUT2D eigenvalue weighted by Gasteiger charge is 2.10. The first-order valence-corrected chi connectivity index (χ1v) is 10.0. The number of nitrogens with zero attached hydrogens (tertiary/aromatic N) is 3. The van der Waals surface area contributed by atoms with Crippen LogP contribution < -0.4 is 10.9 Å². The van der Waals surface area contributed by atoms with Crippen LogP contribution in [-0.2, 0) is 5.75 Å². The third-order valence-corrected chi connectivity index (χ3v) is 5.51. The predicted octanol–water partition coefficient (Wildman–Crippen LogP) is 3.87. The Hall–Kier alpha value is -3.59. The zero-order valence-electron chi connectivity index (χ0n) is 15.5. The zero-order valence-corrected chi connectivity index (χ0v) is 16.3. The van der Waals surface area contributed by atoms with E-state index in [1.165, 1.54) is 0 Å². The lowest BCUT2D eigenvalue weighted by atomic mass is 10.2. The molecule has 3 aromatic heterocycles. The van der Waals surface area contributed by atoms with Crippen LogP contribution in [0.4, 0.5) is 11.6 Å². The highest BCUT2D eigenvalue weighted by Crippen LogP contribution is 2.27. The molecule has 0 bridgehead atoms. The van der Waals surface area contributed by atoms with E-state index in [1.54, 1.807) is 11.8 Å². The fourth-order valence-corrected chi connectivity index (χ4v) is 3.93. The number of nitrogens with one attached hydrogen (secondary N) is 4. The van der Waals surface area contributed by atoms with E-state index in [9.17, 15) is 4.79 Å². The van der Waals surface area contributed by atoms with Gasteiger partial charge in [-0.3, -0.25) is 20.1 Å². The van der Waals surface area contributed by atoms with E-state index in [2.05, 4.69) is 25.7 Å². The minimum atomic E-state index is -0.120. The molecule has 9 heteroatoms. The van der Waals surface area contributed by atoms with Gasteiger partial charge in [0.15, 0.2) is 5.82 Å². The Morgan fingerprint density at radius 2 is 1.93 bits per heavy atom. The molecule has 2 aromatic carbocycles. The minimum Gasteiger partial charge on any atom is -0.323 e. The molecule has 8 nitrogen and oxygen atoms in total. The fourth-order valence-electron chi connectivity index (χ4n) is 3.14. The van der Waals surface area contributed by atoms with E-state index in [0.29, 0.717) is 22.8 Å². The van der Waals surface area contributed by atoms with Crippen LogP contribution in [0, 0.1) is 6.92 Å². The number of hydrogen-bond acceptors (Lipinski definition) is 6. The van der Waals surface area contributed by atoms with Gasteiger partial charge < -0.3 is 5.32 Å². The number of fused-ring (bicyclic) bond motifs is 2. The van der Waals surface area contributed by atoms with Gasteiger partial charge in [0.25, 0.3) is 5.56 Å². The number of hydrogen-bond donors (Lipinski definition) is 4. The van der Waals surface area contributed by atoms with Crippen LogP contribution in [0.15, 0.2) is 58.2 Å². The number of benzene rings is 2. The van der Waals surface area contributed by atoms with Crippen molar-refractivity contribution in [3.8, 4) is 0 Å². The van der Waals surface area contributed by atoms with Crippen molar-refractivity contribution < 1.29 is 0 Å². The highest BCUT2D eigenvalue weighted by atomic mass is 32.2. The molecule has 3 heterocycles. The van der Waals surface area contributed by atoms with Gasteiger partial charge in [0.1, 0.15) is 11.6 Å². The van der Waals surface area contributed by atoms with Gasteiger partial charge in [-0.1, -0.05) is 12.1 Å². The lowest BCUT2D eigenvalue weighted by Gasteiger charge is -2.09. The maximum atomic E-state index is 11.8. The molecule has 0 aliphatic carbocycles. The summed E-state index contributed by atoms with van der Waals surface area (Å²) < 4.78 is 0. The number of aromatic amines is 3. The van der Waals surface area contributed by atoms with E-state index >= 15 is 0 Å². The molecule has 0 aliphatic heterocycles. The molecule has 144 valence electrons. The minimum absolute atomic E-state index is 0.120. The summed E-state index contributed by atoms with van der Waals surface area (Å²) >= 11 is 1.59. The number of thioether (sulfide) groups is 1. The summed E-state index contributed by atoms with van der Waals surface area (Å²) in [5, 5.41) is 17.5. The lowest BCUT2D eigenvalue weighted by molar-refractivity contribution is 1.04. The molecule has 0 spiro atoms. The molecule has 5 aromatic rings. The maximum Gasteiger partial charge on any atom is 0.271 e. The Labute approximate surface area is 169 Å². The Morgan fingerprint density at radius 1 is 1.03 bits per heavy atom. The molecule has 0 saturated heterocycles. The van der Waals surface area contributed by atoms with Gasteiger partial charge in [0, 0.05) is 22.0 Å². The van der Waals surface area contributed by atoms with Crippen molar-refractivity contribution in [2.24, 2.45) is 0 Å². The van der Waals surface area contributed by atoms with Gasteiger partial charge in [-0.05, 0) is 37.3 Å². The average Bonchev–Trinajstić information content (AvgIpc) is 3.31. The van der Waals surface area contributed by atoms with Crippen LogP contribution in [0.1, 0.15) is 11.5 Å². The number of H-pyrrole nitrogens is 3. The molecular weight excluding hydrogens is 386 g/mol. The molecule has 0 atom stereocenters. The van der Waals surface area contributed by atoms with Crippen molar-refractivity contribution in [1.82, 2.24) is 30.4 Å². The van der Waals surface area contributed by atoms with Crippen molar-refractivity contribution >= 4 is 45.2 Å². The second kappa shape index (κ2) is 7.10. The first-order chi connectivity index (χ1) is 14.2. The summed E-state index contributed by atoms with van der Waals surface area (Å²) in [6.07, 6.45) is 0. The Bertz CT molecular complexity index is 1380. The lowest BCUT2D eigenvalue weighted by Crippen LogP contribution is -2.01. The maximum absolute atomic E-state index is 11.8. The molecule has 4 N–H and O–H groups in total. The standard InChI is InChI=1S/C20H17N7OS/c1-11-8-17(26-24-11)22-19-13-4-2-3-5-15(13)21-18(23-19)10-29-12-6-7-16-14(9-12)20(28)27-25-16/h2-9H,10H2,1H3,(H2,25,27,28)(H2,21,22,23,24,26). The molecule has 0 radical (unpaired) electrons. The van der Waals surface area contributed by atoms with Crippen molar-refractivity contribution in [3.05, 3.63) is 70.4 Å². The third-order valence-electron chi connectivity index (χ3n) is 4.52. The third kappa shape index (κ3) is 3.47. The van der Waals surface area contributed by atoms with Gasteiger partial charge in [0.05, 0.1) is 22.2 Å². The second-order valence-corrected chi connectivity index (χ2v) is 7.69. The quantitative estimate of drug-likeness (QED) is 0.331. The van der Waals surface area contributed by atoms with Crippen LogP contribution in [0.25, 0.3) is 21.8 Å². The van der Waals surface area contributed by atoms with E-state index in [4.69, 9.17) is 9.97 Å². The van der Waals surface area contributed by atoms with Crippen LogP contribution in [-0.4, -0.2) is 30.4 Å². The van der Waals surface area contributed by atoms with Crippen LogP contribution in [0.3, 0.4) is 0 Å². The van der Waals surface area contributed by atoms with Crippen molar-refractivity contribution in [1.29, 1.82) is 0 Å². The number of rotatable bonds is 5. The largest absolute Gasteiger partial charge is 0.323 e. The average molecular weight is 403 g/mol. The number of aryl methyl sites for hydroxylation is 1. The summed E-state index contributed by atoms with van der Waals surface area (Å²) in [6, 6.07) is 15.5. The molecular formula is C20H17N7OS. The smallest absolute Gasteiger partial charge is 0.271 e. The van der Waals surface area contributed by atoms with Crippen LogP contribution >= 0.6 is 11.8 Å². The van der Waals surface area contributed by atoms with Gasteiger partial charge in [0.2, 0.25) is 0 Å². The van der Waals surface area contributed by atoms with Gasteiger partial charge in [-0.25, -0.2) is 9.97 Å². The first-order valence-electron chi connectivity index (χ1n) is 9.03. The molecule has 0 amide bonds. The molecule has 0 aliphatic rings. The van der Waals surface area contributed by atoms with Crippen LogP contribution in [0.5, 0.6) is 0 Å². The van der Waals surface area contributed by atoms with Crippen molar-refractivity contribution in [2.45, 2.75) is 17.6 Å². The molecule has 5 rings (SSSR count). The molecule has 29 heavy (non-hydrogen) atoms. The fraction of sp³-hybridized carbons (Fsp3) is 0.100. The number of anilines is 2. The topological polar surface area (TPSA) is 115 Å². The Balaban J connectivity index is 1.45. The molecule has 0 saturated carbocycles. The van der Waals surface area contributed by atoms with Crippen LogP contribution in [0.2, 0.25) is 0 Å². The summed E-state index contributed by atoms with van der Waals surface area (Å²) in [7, 11) is 0. The normalized spacial score (nSPS) is 11.3. The monoisotopic (exact) mass is 403 g/mol. The highest BCUT2D eigenvalue weighted by molar-refractivity contribution is 7.98. The predicted molar refractivity (Wildman–Crippen MR) is 115 cm³/mol. The number of para-hydroxylation sites is 1. The van der Waals surface area contributed by atoms with E-state index in [0.717, 1.165) is 32.8 Å². The van der Waals surface area contributed by atoms with Gasteiger partial charge in [-0.2, -0.15) is 5.10 Å². The van der Waals surface area contributed by atoms with E-state index in [1.807, 2.05) is 55.5 Å². The van der Waals surface area contributed by atoms with Gasteiger partial charge in [-0.15, -0.1) is 11.8 Å². The van der Waals surface area contributed by atoms with Crippen molar-refractivity contribution in [2.75, 3.05) is 5.32 Å². The van der Waals surface area contributed by atoms with E-state index < -0.39 is 0 Å². The zero-order chi connectivity index (χ0) is 19.8.